The minimum atomic E-state index is -0.219. The molecule has 2 aromatic rings. The van der Waals surface area contributed by atoms with Crippen LogP contribution >= 0.6 is 0 Å². The van der Waals surface area contributed by atoms with Gasteiger partial charge in [-0.15, -0.1) is 0 Å². The summed E-state index contributed by atoms with van der Waals surface area (Å²) in [7, 11) is 0. The van der Waals surface area contributed by atoms with Gasteiger partial charge in [-0.25, -0.2) is 10.6 Å². The van der Waals surface area contributed by atoms with Crippen LogP contribution in [0.25, 0.3) is 0 Å². The quantitative estimate of drug-likeness (QED) is 0.301. The fourth-order valence-corrected chi connectivity index (χ4v) is 8.00. The molecule has 8 bridgehead atoms. The summed E-state index contributed by atoms with van der Waals surface area (Å²) in [5.74, 6) is 0. The maximum absolute atomic E-state index is 5.47. The second-order valence-corrected chi connectivity index (χ2v) is 12.0. The van der Waals surface area contributed by atoms with Crippen molar-refractivity contribution in [3.63, 3.8) is 0 Å². The monoisotopic (exact) mass is 626 g/mol. The van der Waals surface area contributed by atoms with E-state index in [1.165, 1.54) is 0 Å². The minimum Gasteiger partial charge on any atom is -0.664 e. The average Bonchev–Trinajstić information content (AvgIpc) is 3.81. The van der Waals surface area contributed by atoms with E-state index >= 15 is 0 Å². The van der Waals surface area contributed by atoms with E-state index < -0.39 is 0 Å². The Morgan fingerprint density at radius 2 is 0.610 bits per heavy atom. The zero-order valence-electron chi connectivity index (χ0n) is 26.6. The summed E-state index contributed by atoms with van der Waals surface area (Å²) >= 11 is 0. The third-order valence-electron chi connectivity index (χ3n) is 11.3. The van der Waals surface area contributed by atoms with Gasteiger partial charge in [0.25, 0.3) is 0 Å². The van der Waals surface area contributed by atoms with Crippen molar-refractivity contribution in [2.75, 3.05) is 0 Å². The third kappa shape index (κ3) is 4.77. The standard InChI is InChI=1S/C36H48N4.Zr/c1-9-33(10-2)25-17-19-27(37-25)34(11-3,12-4)29-21-23-31(39-29)36(15-7,16-8)32-24-22-30(40-32)35(13-5,14-6)28-20-18-26(33)38-28;/h17-24H,9-16H2,1-8H3;/q-2;+2. The first-order chi connectivity index (χ1) is 19.3. The summed E-state index contributed by atoms with van der Waals surface area (Å²) in [5.41, 5.74) is 3.70. The first-order valence-electron chi connectivity index (χ1n) is 15.9. The fourth-order valence-electron chi connectivity index (χ4n) is 8.00. The molecule has 2 saturated heterocycles. The van der Waals surface area contributed by atoms with E-state index in [0.717, 1.165) is 98.3 Å². The van der Waals surface area contributed by atoms with Crippen LogP contribution in [0.1, 0.15) is 130 Å². The molecular formula is C36H48N4Zr. The Kier molecular flexibility index (Phi) is 10.4. The number of hydrogen-bond acceptors (Lipinski definition) is 0. The van der Waals surface area contributed by atoms with Gasteiger partial charge in [0.1, 0.15) is 0 Å². The average molecular weight is 628 g/mol. The van der Waals surface area contributed by atoms with Crippen LogP contribution in [0.5, 0.6) is 0 Å². The predicted molar refractivity (Wildman–Crippen MR) is 163 cm³/mol. The number of fused-ring (bicyclic) bond motifs is 8. The summed E-state index contributed by atoms with van der Waals surface area (Å²) in [6.07, 6.45) is 16.8. The predicted octanol–water partition coefficient (Wildman–Crippen LogP) is 7.72. The normalized spacial score (nSPS) is 24.0. The summed E-state index contributed by atoms with van der Waals surface area (Å²) < 4.78 is 0. The van der Waals surface area contributed by atoms with E-state index in [1.807, 2.05) is 0 Å². The Morgan fingerprint density at radius 3 is 0.780 bits per heavy atom. The maximum Gasteiger partial charge on any atom is 2.00 e. The first-order valence-corrected chi connectivity index (χ1v) is 15.9. The minimum absolute atomic E-state index is 0. The van der Waals surface area contributed by atoms with Crippen molar-refractivity contribution in [3.05, 3.63) is 96.9 Å². The van der Waals surface area contributed by atoms with Gasteiger partial charge in [0, 0.05) is 0 Å². The van der Waals surface area contributed by atoms with E-state index in [1.54, 1.807) is 0 Å². The summed E-state index contributed by atoms with van der Waals surface area (Å²) in [5, 5.41) is 10.9. The molecule has 5 heteroatoms. The van der Waals surface area contributed by atoms with Gasteiger partial charge in [-0.1, -0.05) is 79.7 Å². The molecule has 0 atom stereocenters. The summed E-state index contributed by atoms with van der Waals surface area (Å²) in [4.78, 5) is 10.9. The maximum atomic E-state index is 5.47. The molecule has 0 unspecified atom stereocenters. The third-order valence-corrected chi connectivity index (χ3v) is 11.3. The zero-order valence-corrected chi connectivity index (χ0v) is 29.0. The van der Waals surface area contributed by atoms with Crippen molar-refractivity contribution >= 4 is 0 Å². The first kappa shape index (κ1) is 33.3. The number of hydrogen-bond donors (Lipinski definition) is 0. The number of rotatable bonds is 8. The Morgan fingerprint density at radius 1 is 0.415 bits per heavy atom. The molecule has 2 fully saturated rings. The van der Waals surface area contributed by atoms with Crippen molar-refractivity contribution in [1.82, 2.24) is 20.6 Å². The van der Waals surface area contributed by atoms with Crippen LogP contribution in [0.2, 0.25) is 0 Å². The largest absolute Gasteiger partial charge is 2.00 e. The van der Waals surface area contributed by atoms with Crippen molar-refractivity contribution < 1.29 is 26.2 Å². The van der Waals surface area contributed by atoms with E-state index in [9.17, 15) is 0 Å². The molecule has 41 heavy (non-hydrogen) atoms. The Labute approximate surface area is 270 Å². The van der Waals surface area contributed by atoms with Crippen LogP contribution in [0.15, 0.2) is 24.3 Å². The molecule has 0 N–H and O–H groups in total. The molecule has 0 aliphatic carbocycles. The van der Waals surface area contributed by atoms with Gasteiger partial charge in [0.15, 0.2) is 0 Å². The molecule has 2 aromatic heterocycles. The topological polar surface area (TPSA) is 56.4 Å². The SMILES string of the molecule is CCC1(CC)[C]2[CH][CH][C]([N]2)C(CC)(CC)c2ccc([n-]2)C(CC)(CC)[C]2[CH][CH][C]([N]2)C(CC)(CC)c2ccc1[n-]2.[Zr+2]. The van der Waals surface area contributed by atoms with Gasteiger partial charge < -0.3 is 9.97 Å². The van der Waals surface area contributed by atoms with E-state index in [-0.39, 0.29) is 47.9 Å². The molecule has 4 nitrogen and oxygen atoms in total. The van der Waals surface area contributed by atoms with Crippen LogP contribution < -0.4 is 20.6 Å². The van der Waals surface area contributed by atoms with Gasteiger partial charge in [0.2, 0.25) is 0 Å². The van der Waals surface area contributed by atoms with E-state index in [2.05, 4.69) is 105 Å². The Hall–Kier alpha value is -0.637. The fraction of sp³-hybridized carbons (Fsp3) is 0.556. The smallest absolute Gasteiger partial charge is 0.664 e. The van der Waals surface area contributed by atoms with Gasteiger partial charge in [-0.05, 0) is 98.7 Å². The molecule has 0 amide bonds. The second-order valence-electron chi connectivity index (χ2n) is 12.0. The molecular weight excluding hydrogens is 580 g/mol. The molecule has 5 rings (SSSR count). The molecule has 3 aliphatic heterocycles. The van der Waals surface area contributed by atoms with E-state index in [4.69, 9.17) is 20.6 Å². The van der Waals surface area contributed by atoms with Crippen molar-refractivity contribution in [2.45, 2.75) is 128 Å². The van der Waals surface area contributed by atoms with Gasteiger partial charge in [-0.2, -0.15) is 22.8 Å². The molecule has 0 aromatic carbocycles. The molecule has 0 spiro atoms. The number of aromatic nitrogens is 2. The van der Waals surface area contributed by atoms with Crippen LogP contribution in [-0.2, 0) is 47.9 Å². The van der Waals surface area contributed by atoms with Gasteiger partial charge >= 0.3 is 26.2 Å². The molecule has 5 heterocycles. The van der Waals surface area contributed by atoms with Crippen LogP contribution in [-0.4, -0.2) is 0 Å². The van der Waals surface area contributed by atoms with Crippen LogP contribution in [0.3, 0.4) is 0 Å². The van der Waals surface area contributed by atoms with Crippen LogP contribution in [0.4, 0.5) is 0 Å². The van der Waals surface area contributed by atoms with Crippen LogP contribution in [0, 0.1) is 49.9 Å². The van der Waals surface area contributed by atoms with Gasteiger partial charge in [0.05, 0.1) is 24.2 Å². The zero-order chi connectivity index (χ0) is 28.8. The molecule has 10 radical (unpaired) electrons. The van der Waals surface area contributed by atoms with Crippen molar-refractivity contribution in [2.24, 2.45) is 0 Å². The summed E-state index contributed by atoms with van der Waals surface area (Å²) in [6.45, 7) is 18.3. The van der Waals surface area contributed by atoms with Gasteiger partial charge in [-0.3, -0.25) is 0 Å². The second kappa shape index (κ2) is 12.8. The molecule has 3 aliphatic rings. The Bertz CT molecular complexity index is 945. The van der Waals surface area contributed by atoms with Crippen molar-refractivity contribution in [1.29, 1.82) is 0 Å². The summed E-state index contributed by atoms with van der Waals surface area (Å²) in [6, 6.07) is 13.7. The number of nitrogens with zero attached hydrogens (tertiary/aromatic N) is 4. The molecule has 216 valence electrons. The Balaban J connectivity index is 0.00000387. The van der Waals surface area contributed by atoms with Crippen molar-refractivity contribution in [3.8, 4) is 0 Å². The molecule has 0 saturated carbocycles. The van der Waals surface area contributed by atoms with E-state index in [0.29, 0.717) is 0 Å².